The molecule has 20 heavy (non-hydrogen) atoms. The highest BCUT2D eigenvalue weighted by atomic mass is 16.5. The van der Waals surface area contributed by atoms with Gasteiger partial charge in [0.15, 0.2) is 17.1 Å². The number of imidazole rings is 1. The van der Waals surface area contributed by atoms with Crippen LogP contribution < -0.4 is 9.47 Å². The highest BCUT2D eigenvalue weighted by molar-refractivity contribution is 5.79. The van der Waals surface area contributed by atoms with Crippen molar-refractivity contribution in [3.8, 4) is 22.9 Å². The van der Waals surface area contributed by atoms with Gasteiger partial charge in [0, 0.05) is 11.8 Å². The Morgan fingerprint density at radius 3 is 2.55 bits per heavy atom. The molecule has 0 bridgehead atoms. The van der Waals surface area contributed by atoms with Crippen molar-refractivity contribution in [3.63, 3.8) is 0 Å². The Hall–Kier alpha value is -2.56. The van der Waals surface area contributed by atoms with E-state index in [9.17, 15) is 0 Å². The summed E-state index contributed by atoms with van der Waals surface area (Å²) in [5, 5.41) is 0. The third kappa shape index (κ3) is 1.97. The molecule has 3 aromatic rings. The molecular formula is C15H15N3O2. The van der Waals surface area contributed by atoms with Crippen LogP contribution in [0.2, 0.25) is 0 Å². The normalized spacial score (nSPS) is 10.8. The van der Waals surface area contributed by atoms with E-state index >= 15 is 0 Å². The zero-order chi connectivity index (χ0) is 14.1. The molecule has 0 spiro atoms. The second kappa shape index (κ2) is 4.85. The number of rotatable bonds is 3. The van der Waals surface area contributed by atoms with Gasteiger partial charge in [-0.05, 0) is 36.8 Å². The molecule has 5 nitrogen and oxygen atoms in total. The molecule has 0 aliphatic carbocycles. The van der Waals surface area contributed by atoms with E-state index in [0.717, 1.165) is 28.1 Å². The van der Waals surface area contributed by atoms with E-state index in [1.807, 2.05) is 31.2 Å². The van der Waals surface area contributed by atoms with Crippen molar-refractivity contribution in [2.24, 2.45) is 0 Å². The van der Waals surface area contributed by atoms with Gasteiger partial charge in [-0.2, -0.15) is 0 Å². The fourth-order valence-corrected chi connectivity index (χ4v) is 2.16. The first-order valence-electron chi connectivity index (χ1n) is 6.26. The summed E-state index contributed by atoms with van der Waals surface area (Å²) in [5.74, 6) is 2.14. The van der Waals surface area contributed by atoms with E-state index < -0.39 is 0 Å². The summed E-state index contributed by atoms with van der Waals surface area (Å²) in [6.07, 6.45) is 1.76. The minimum absolute atomic E-state index is 0.676. The third-order valence-corrected chi connectivity index (χ3v) is 3.26. The van der Waals surface area contributed by atoms with Crippen LogP contribution in [0.3, 0.4) is 0 Å². The molecule has 3 rings (SSSR count). The SMILES string of the molecule is COc1ccc(-c2nc3nccc(C)c3[nH]2)cc1OC. The lowest BCUT2D eigenvalue weighted by Gasteiger charge is -2.08. The van der Waals surface area contributed by atoms with Crippen LogP contribution in [0.25, 0.3) is 22.6 Å². The van der Waals surface area contributed by atoms with Crippen molar-refractivity contribution in [1.82, 2.24) is 15.0 Å². The number of ether oxygens (including phenoxy) is 2. The number of H-pyrrole nitrogens is 1. The molecule has 0 amide bonds. The second-order valence-corrected chi connectivity index (χ2v) is 4.48. The summed E-state index contributed by atoms with van der Waals surface area (Å²) >= 11 is 0. The van der Waals surface area contributed by atoms with Gasteiger partial charge in [0.05, 0.1) is 19.7 Å². The molecule has 0 aliphatic heterocycles. The summed E-state index contributed by atoms with van der Waals surface area (Å²) < 4.78 is 10.6. The average Bonchev–Trinajstić information content (AvgIpc) is 2.92. The molecule has 0 unspecified atom stereocenters. The average molecular weight is 269 g/mol. The lowest BCUT2D eigenvalue weighted by molar-refractivity contribution is 0.355. The van der Waals surface area contributed by atoms with Crippen LogP contribution in [0, 0.1) is 6.92 Å². The maximum atomic E-state index is 5.31. The Morgan fingerprint density at radius 2 is 1.85 bits per heavy atom. The number of aryl methyl sites for hydroxylation is 1. The van der Waals surface area contributed by atoms with E-state index in [4.69, 9.17) is 9.47 Å². The van der Waals surface area contributed by atoms with E-state index in [0.29, 0.717) is 11.5 Å². The van der Waals surface area contributed by atoms with E-state index in [1.165, 1.54) is 0 Å². The molecule has 0 radical (unpaired) electrons. The van der Waals surface area contributed by atoms with Gasteiger partial charge in [0.2, 0.25) is 0 Å². The molecule has 2 heterocycles. The number of aromatic nitrogens is 3. The van der Waals surface area contributed by atoms with Gasteiger partial charge < -0.3 is 14.5 Å². The van der Waals surface area contributed by atoms with Crippen LogP contribution in [0.4, 0.5) is 0 Å². The monoisotopic (exact) mass is 269 g/mol. The van der Waals surface area contributed by atoms with Crippen molar-refractivity contribution in [2.75, 3.05) is 14.2 Å². The fraction of sp³-hybridized carbons (Fsp3) is 0.200. The molecule has 102 valence electrons. The number of fused-ring (bicyclic) bond motifs is 1. The predicted molar refractivity (Wildman–Crippen MR) is 77.2 cm³/mol. The minimum atomic E-state index is 0.676. The number of benzene rings is 1. The standard InChI is InChI=1S/C15H15N3O2/c1-9-6-7-16-15-13(9)17-14(18-15)10-4-5-11(19-2)12(8-10)20-3/h4-8H,1-3H3,(H,16,17,18). The smallest absolute Gasteiger partial charge is 0.178 e. The lowest BCUT2D eigenvalue weighted by atomic mass is 10.2. The van der Waals surface area contributed by atoms with Crippen LogP contribution in [-0.4, -0.2) is 29.2 Å². The first kappa shape index (κ1) is 12.5. The number of nitrogens with zero attached hydrogens (tertiary/aromatic N) is 2. The van der Waals surface area contributed by atoms with Gasteiger partial charge >= 0.3 is 0 Å². The summed E-state index contributed by atoms with van der Waals surface area (Å²) in [7, 11) is 3.23. The van der Waals surface area contributed by atoms with Gasteiger partial charge in [-0.3, -0.25) is 0 Å². The van der Waals surface area contributed by atoms with Crippen LogP contribution in [0.1, 0.15) is 5.56 Å². The topological polar surface area (TPSA) is 60.0 Å². The first-order chi connectivity index (χ1) is 9.72. The highest BCUT2D eigenvalue weighted by Crippen LogP contribution is 2.31. The maximum absolute atomic E-state index is 5.31. The summed E-state index contributed by atoms with van der Waals surface area (Å²) in [6, 6.07) is 7.65. The Balaban J connectivity index is 2.13. The van der Waals surface area contributed by atoms with E-state index in [2.05, 4.69) is 15.0 Å². The number of nitrogens with one attached hydrogen (secondary N) is 1. The molecular weight excluding hydrogens is 254 g/mol. The molecule has 0 fully saturated rings. The van der Waals surface area contributed by atoms with Crippen LogP contribution in [0.15, 0.2) is 30.5 Å². The largest absolute Gasteiger partial charge is 0.493 e. The second-order valence-electron chi connectivity index (χ2n) is 4.48. The Bertz CT molecular complexity index is 765. The van der Waals surface area contributed by atoms with Crippen LogP contribution in [0.5, 0.6) is 11.5 Å². The number of aromatic amines is 1. The van der Waals surface area contributed by atoms with Crippen molar-refractivity contribution in [1.29, 1.82) is 0 Å². The van der Waals surface area contributed by atoms with Crippen molar-refractivity contribution in [3.05, 3.63) is 36.0 Å². The first-order valence-corrected chi connectivity index (χ1v) is 6.26. The summed E-state index contributed by atoms with van der Waals surface area (Å²) in [6.45, 7) is 2.03. The highest BCUT2D eigenvalue weighted by Gasteiger charge is 2.11. The molecule has 0 atom stereocenters. The van der Waals surface area contributed by atoms with Crippen molar-refractivity contribution < 1.29 is 9.47 Å². The number of methoxy groups -OCH3 is 2. The molecule has 1 aromatic carbocycles. The molecule has 5 heteroatoms. The number of hydrogen-bond donors (Lipinski definition) is 1. The van der Waals surface area contributed by atoms with Crippen molar-refractivity contribution in [2.45, 2.75) is 6.92 Å². The molecule has 0 saturated heterocycles. The summed E-state index contributed by atoms with van der Waals surface area (Å²) in [4.78, 5) is 12.1. The molecule has 1 N–H and O–H groups in total. The van der Waals surface area contributed by atoms with Crippen LogP contribution >= 0.6 is 0 Å². The zero-order valence-corrected chi connectivity index (χ0v) is 11.6. The molecule has 0 saturated carbocycles. The quantitative estimate of drug-likeness (QED) is 0.794. The van der Waals surface area contributed by atoms with E-state index in [1.54, 1.807) is 20.4 Å². The molecule has 2 aromatic heterocycles. The van der Waals surface area contributed by atoms with Crippen LogP contribution in [-0.2, 0) is 0 Å². The van der Waals surface area contributed by atoms with Crippen molar-refractivity contribution >= 4 is 11.2 Å². The Labute approximate surface area is 116 Å². The minimum Gasteiger partial charge on any atom is -0.493 e. The zero-order valence-electron chi connectivity index (χ0n) is 11.6. The number of hydrogen-bond acceptors (Lipinski definition) is 4. The Morgan fingerprint density at radius 1 is 1.05 bits per heavy atom. The van der Waals surface area contributed by atoms with Gasteiger partial charge in [0.1, 0.15) is 5.82 Å². The summed E-state index contributed by atoms with van der Waals surface area (Å²) in [5.41, 5.74) is 3.72. The van der Waals surface area contributed by atoms with E-state index in [-0.39, 0.29) is 0 Å². The number of pyridine rings is 1. The fourth-order valence-electron chi connectivity index (χ4n) is 2.16. The maximum Gasteiger partial charge on any atom is 0.178 e. The predicted octanol–water partition coefficient (Wildman–Crippen LogP) is 2.95. The van der Waals surface area contributed by atoms with Gasteiger partial charge in [-0.15, -0.1) is 0 Å². The molecule has 0 aliphatic rings. The lowest BCUT2D eigenvalue weighted by Crippen LogP contribution is -1.91. The third-order valence-electron chi connectivity index (χ3n) is 3.26. The van der Waals surface area contributed by atoms with Gasteiger partial charge in [-0.1, -0.05) is 0 Å². The Kier molecular flexibility index (Phi) is 3.02. The van der Waals surface area contributed by atoms with Gasteiger partial charge in [0.25, 0.3) is 0 Å². The van der Waals surface area contributed by atoms with Gasteiger partial charge in [-0.25, -0.2) is 9.97 Å².